The maximum atomic E-state index is 11.9. The maximum Gasteiger partial charge on any atom is 0.242 e. The van der Waals surface area contributed by atoms with Crippen LogP contribution in [0.1, 0.15) is 4.88 Å². The Labute approximate surface area is 138 Å². The first-order valence-corrected chi connectivity index (χ1v) is 9.53. The van der Waals surface area contributed by atoms with E-state index in [1.807, 2.05) is 6.07 Å². The number of anilines is 1. The highest BCUT2D eigenvalue weighted by molar-refractivity contribution is 9.13. The molecule has 0 saturated heterocycles. The van der Waals surface area contributed by atoms with Crippen LogP contribution >= 0.6 is 43.2 Å². The molecule has 1 heterocycles. The van der Waals surface area contributed by atoms with Crippen molar-refractivity contribution in [1.82, 2.24) is 4.72 Å². The van der Waals surface area contributed by atoms with Crippen LogP contribution in [0.4, 0.5) is 5.69 Å². The van der Waals surface area contributed by atoms with E-state index in [-0.39, 0.29) is 4.90 Å². The van der Waals surface area contributed by atoms with Crippen LogP contribution in [-0.4, -0.2) is 15.5 Å². The topological polar surface area (TPSA) is 58.2 Å². The Balaban J connectivity index is 2.22. The first-order valence-electron chi connectivity index (χ1n) is 5.64. The Morgan fingerprint density at radius 2 is 1.95 bits per heavy atom. The van der Waals surface area contributed by atoms with Gasteiger partial charge in [-0.3, -0.25) is 0 Å². The Morgan fingerprint density at radius 3 is 2.55 bits per heavy atom. The molecule has 0 aliphatic carbocycles. The van der Waals surface area contributed by atoms with E-state index in [0.29, 0.717) is 12.2 Å². The zero-order valence-electron chi connectivity index (χ0n) is 10.5. The van der Waals surface area contributed by atoms with Gasteiger partial charge in [-0.05, 0) is 57.1 Å². The average molecular weight is 440 g/mol. The molecule has 20 heavy (non-hydrogen) atoms. The number of sulfonamides is 1. The number of hydrogen-bond donors (Lipinski definition) is 2. The summed E-state index contributed by atoms with van der Waals surface area (Å²) < 4.78 is 28.2. The van der Waals surface area contributed by atoms with Crippen LogP contribution in [0.25, 0.3) is 0 Å². The number of rotatable bonds is 5. The molecule has 108 valence electrons. The van der Waals surface area contributed by atoms with Crippen LogP contribution in [0.15, 0.2) is 43.5 Å². The van der Waals surface area contributed by atoms with E-state index in [4.69, 9.17) is 0 Å². The fraction of sp³-hybridized carbons (Fsp3) is 0.167. The third-order valence-electron chi connectivity index (χ3n) is 2.59. The predicted octanol–water partition coefficient (Wildman–Crippen LogP) is 3.79. The van der Waals surface area contributed by atoms with Crippen molar-refractivity contribution >= 4 is 58.9 Å². The van der Waals surface area contributed by atoms with Gasteiger partial charge in [0.25, 0.3) is 0 Å². The third-order valence-corrected chi connectivity index (χ3v) is 7.32. The zero-order chi connectivity index (χ0) is 14.8. The standard InChI is InChI=1S/C12H12Br2N2O2S2/c1-15-20(17,18)11-5-3-2-4-10(11)16-7-8-6-9(13)12(14)19-8/h2-6,15-16H,7H2,1H3. The predicted molar refractivity (Wildman–Crippen MR) is 89.7 cm³/mol. The van der Waals surface area contributed by atoms with Crippen LogP contribution in [-0.2, 0) is 16.6 Å². The lowest BCUT2D eigenvalue weighted by Gasteiger charge is -2.11. The summed E-state index contributed by atoms with van der Waals surface area (Å²) in [5, 5.41) is 3.16. The summed E-state index contributed by atoms with van der Waals surface area (Å²) in [4.78, 5) is 1.34. The minimum atomic E-state index is -3.46. The normalized spacial score (nSPS) is 11.6. The van der Waals surface area contributed by atoms with E-state index >= 15 is 0 Å². The number of halogens is 2. The number of para-hydroxylation sites is 1. The molecule has 0 aliphatic heterocycles. The van der Waals surface area contributed by atoms with E-state index in [9.17, 15) is 8.42 Å². The summed E-state index contributed by atoms with van der Waals surface area (Å²) in [7, 11) is -2.06. The van der Waals surface area contributed by atoms with Gasteiger partial charge in [0.15, 0.2) is 0 Å². The highest BCUT2D eigenvalue weighted by Crippen LogP contribution is 2.33. The van der Waals surface area contributed by atoms with Gasteiger partial charge in [-0.2, -0.15) is 0 Å². The maximum absolute atomic E-state index is 11.9. The SMILES string of the molecule is CNS(=O)(=O)c1ccccc1NCc1cc(Br)c(Br)s1. The summed E-state index contributed by atoms with van der Waals surface area (Å²) in [5.41, 5.74) is 0.586. The van der Waals surface area contributed by atoms with Crippen molar-refractivity contribution in [2.45, 2.75) is 11.4 Å². The number of thiophene rings is 1. The van der Waals surface area contributed by atoms with Gasteiger partial charge in [0, 0.05) is 15.9 Å². The van der Waals surface area contributed by atoms with Gasteiger partial charge in [-0.25, -0.2) is 13.1 Å². The van der Waals surface area contributed by atoms with E-state index < -0.39 is 10.0 Å². The monoisotopic (exact) mass is 438 g/mol. The first-order chi connectivity index (χ1) is 9.44. The zero-order valence-corrected chi connectivity index (χ0v) is 15.3. The molecule has 0 unspecified atom stereocenters. The molecule has 0 atom stereocenters. The van der Waals surface area contributed by atoms with Crippen LogP contribution < -0.4 is 10.0 Å². The molecule has 0 fully saturated rings. The Hall–Kier alpha value is -0.410. The van der Waals surface area contributed by atoms with Crippen molar-refractivity contribution in [2.75, 3.05) is 12.4 Å². The molecule has 0 spiro atoms. The summed E-state index contributed by atoms with van der Waals surface area (Å²) in [6.07, 6.45) is 0. The van der Waals surface area contributed by atoms with Gasteiger partial charge in [0.2, 0.25) is 10.0 Å². The lowest BCUT2D eigenvalue weighted by Crippen LogP contribution is -2.20. The highest BCUT2D eigenvalue weighted by atomic mass is 79.9. The van der Waals surface area contributed by atoms with Crippen LogP contribution in [0.2, 0.25) is 0 Å². The lowest BCUT2D eigenvalue weighted by atomic mass is 10.3. The van der Waals surface area contributed by atoms with Crippen molar-refractivity contribution in [1.29, 1.82) is 0 Å². The van der Waals surface area contributed by atoms with Gasteiger partial charge in [0.05, 0.1) is 9.47 Å². The molecule has 2 rings (SSSR count). The quantitative estimate of drug-likeness (QED) is 0.744. The first kappa shape index (κ1) is 16.0. The highest BCUT2D eigenvalue weighted by Gasteiger charge is 2.16. The minimum Gasteiger partial charge on any atom is -0.379 e. The van der Waals surface area contributed by atoms with Crippen LogP contribution in [0.5, 0.6) is 0 Å². The van der Waals surface area contributed by atoms with Crippen molar-refractivity contribution in [3.05, 3.63) is 43.5 Å². The van der Waals surface area contributed by atoms with Gasteiger partial charge < -0.3 is 5.32 Å². The fourth-order valence-corrected chi connectivity index (χ4v) is 4.64. The molecule has 0 radical (unpaired) electrons. The number of hydrogen-bond acceptors (Lipinski definition) is 4. The van der Waals surface area contributed by atoms with Crippen molar-refractivity contribution < 1.29 is 8.42 Å². The van der Waals surface area contributed by atoms with E-state index in [1.165, 1.54) is 7.05 Å². The molecular weight excluding hydrogens is 428 g/mol. The lowest BCUT2D eigenvalue weighted by molar-refractivity contribution is 0.588. The summed E-state index contributed by atoms with van der Waals surface area (Å²) in [5.74, 6) is 0. The Bertz CT molecular complexity index is 694. The van der Waals surface area contributed by atoms with E-state index in [0.717, 1.165) is 13.1 Å². The molecular formula is C12H12Br2N2O2S2. The second-order valence-electron chi connectivity index (χ2n) is 3.89. The Morgan fingerprint density at radius 1 is 1.25 bits per heavy atom. The van der Waals surface area contributed by atoms with Crippen molar-refractivity contribution in [3.63, 3.8) is 0 Å². The van der Waals surface area contributed by atoms with Gasteiger partial charge >= 0.3 is 0 Å². The molecule has 8 heteroatoms. The molecule has 0 amide bonds. The molecule has 0 aliphatic rings. The molecule has 2 N–H and O–H groups in total. The molecule has 2 aromatic rings. The molecule has 1 aromatic heterocycles. The largest absolute Gasteiger partial charge is 0.379 e. The van der Waals surface area contributed by atoms with Gasteiger partial charge in [0.1, 0.15) is 4.90 Å². The fourth-order valence-electron chi connectivity index (χ4n) is 1.62. The van der Waals surface area contributed by atoms with Crippen molar-refractivity contribution in [2.24, 2.45) is 0 Å². The summed E-state index contributed by atoms with van der Waals surface area (Å²) in [6, 6.07) is 8.83. The third kappa shape index (κ3) is 3.62. The van der Waals surface area contributed by atoms with E-state index in [1.54, 1.807) is 35.6 Å². The minimum absolute atomic E-state index is 0.247. The second kappa shape index (κ2) is 6.57. The van der Waals surface area contributed by atoms with Crippen LogP contribution in [0.3, 0.4) is 0 Å². The molecule has 1 aromatic carbocycles. The average Bonchev–Trinajstić information content (AvgIpc) is 2.76. The molecule has 4 nitrogen and oxygen atoms in total. The van der Waals surface area contributed by atoms with Gasteiger partial charge in [-0.15, -0.1) is 11.3 Å². The second-order valence-corrected chi connectivity index (χ2v) is 9.06. The molecule has 0 saturated carbocycles. The summed E-state index contributed by atoms with van der Waals surface area (Å²) in [6.45, 7) is 0.561. The van der Waals surface area contributed by atoms with Crippen LogP contribution in [0, 0.1) is 0 Å². The smallest absolute Gasteiger partial charge is 0.242 e. The number of benzene rings is 1. The molecule has 0 bridgehead atoms. The Kier molecular flexibility index (Phi) is 5.25. The van der Waals surface area contributed by atoms with Crippen molar-refractivity contribution in [3.8, 4) is 0 Å². The number of nitrogens with one attached hydrogen (secondary N) is 2. The van der Waals surface area contributed by atoms with Gasteiger partial charge in [-0.1, -0.05) is 12.1 Å². The van der Waals surface area contributed by atoms with E-state index in [2.05, 4.69) is 41.9 Å². The summed E-state index contributed by atoms with van der Waals surface area (Å²) >= 11 is 8.46.